The number of ketones is 2. The zero-order chi connectivity index (χ0) is 16.9. The monoisotopic (exact) mass is 310 g/mol. The normalized spacial score (nSPS) is 14.0. The maximum absolute atomic E-state index is 12.8. The summed E-state index contributed by atoms with van der Waals surface area (Å²) in [7, 11) is 0. The van der Waals surface area contributed by atoms with E-state index in [1.54, 1.807) is 13.2 Å². The number of fused-ring (bicyclic) bond motifs is 3. The SMILES string of the molecule is CCCc1c(C(C)(C)C)ccc2c1C(=O)C(=O)c1c(C)coc1-2. The molecule has 0 amide bonds. The maximum atomic E-state index is 12.8. The topological polar surface area (TPSA) is 47.3 Å². The molecule has 1 aromatic carbocycles. The molecule has 0 radical (unpaired) electrons. The molecule has 0 aliphatic heterocycles. The van der Waals surface area contributed by atoms with Gasteiger partial charge in [-0.15, -0.1) is 0 Å². The van der Waals surface area contributed by atoms with Crippen LogP contribution in [-0.4, -0.2) is 11.6 Å². The lowest BCUT2D eigenvalue weighted by Crippen LogP contribution is -2.25. The third-order valence-corrected chi connectivity index (χ3v) is 4.50. The minimum Gasteiger partial charge on any atom is -0.463 e. The van der Waals surface area contributed by atoms with Gasteiger partial charge in [-0.1, -0.05) is 46.2 Å². The Morgan fingerprint density at radius 2 is 1.70 bits per heavy atom. The fourth-order valence-electron chi connectivity index (χ4n) is 3.46. The number of hydrogen-bond donors (Lipinski definition) is 0. The minimum absolute atomic E-state index is 0.0811. The molecule has 0 fully saturated rings. The zero-order valence-corrected chi connectivity index (χ0v) is 14.4. The van der Waals surface area contributed by atoms with Crippen LogP contribution >= 0.6 is 0 Å². The lowest BCUT2D eigenvalue weighted by Gasteiger charge is -2.27. The van der Waals surface area contributed by atoms with Crippen molar-refractivity contribution in [1.29, 1.82) is 0 Å². The van der Waals surface area contributed by atoms with Gasteiger partial charge in [0.05, 0.1) is 11.8 Å². The highest BCUT2D eigenvalue weighted by molar-refractivity contribution is 6.53. The van der Waals surface area contributed by atoms with Crippen molar-refractivity contribution in [3.05, 3.63) is 46.2 Å². The molecular formula is C20H22O3. The fraction of sp³-hybridized carbons (Fsp3) is 0.400. The molecule has 1 aliphatic carbocycles. The number of furan rings is 1. The third-order valence-electron chi connectivity index (χ3n) is 4.50. The van der Waals surface area contributed by atoms with Crippen molar-refractivity contribution >= 4 is 11.6 Å². The maximum Gasteiger partial charge on any atom is 0.237 e. The number of carbonyl (C=O) groups excluding carboxylic acids is 2. The molecule has 3 heteroatoms. The highest BCUT2D eigenvalue weighted by Crippen LogP contribution is 2.41. The first-order chi connectivity index (χ1) is 10.8. The first kappa shape index (κ1) is 15.7. The summed E-state index contributed by atoms with van der Waals surface area (Å²) in [6, 6.07) is 4.01. The van der Waals surface area contributed by atoms with Gasteiger partial charge in [0.15, 0.2) is 0 Å². The van der Waals surface area contributed by atoms with Crippen LogP contribution in [0.2, 0.25) is 0 Å². The highest BCUT2D eigenvalue weighted by atomic mass is 16.3. The number of hydrogen-bond acceptors (Lipinski definition) is 3. The van der Waals surface area contributed by atoms with Gasteiger partial charge >= 0.3 is 0 Å². The van der Waals surface area contributed by atoms with Crippen molar-refractivity contribution in [2.45, 2.75) is 52.9 Å². The van der Waals surface area contributed by atoms with E-state index in [9.17, 15) is 9.59 Å². The molecule has 0 bridgehead atoms. The van der Waals surface area contributed by atoms with E-state index >= 15 is 0 Å². The summed E-state index contributed by atoms with van der Waals surface area (Å²) in [5.74, 6) is -0.298. The first-order valence-electron chi connectivity index (χ1n) is 8.11. The quantitative estimate of drug-likeness (QED) is 0.742. The molecule has 3 nitrogen and oxygen atoms in total. The van der Waals surface area contributed by atoms with Crippen LogP contribution in [0.3, 0.4) is 0 Å². The number of Topliss-reactive ketones (excluding diaryl/α,β-unsaturated/α-hetero) is 2. The van der Waals surface area contributed by atoms with Crippen LogP contribution in [0.25, 0.3) is 11.3 Å². The van der Waals surface area contributed by atoms with E-state index < -0.39 is 11.6 Å². The van der Waals surface area contributed by atoms with Gasteiger partial charge in [-0.2, -0.15) is 0 Å². The average Bonchev–Trinajstić information content (AvgIpc) is 2.85. The van der Waals surface area contributed by atoms with Crippen LogP contribution in [0, 0.1) is 6.92 Å². The minimum atomic E-state index is -0.442. The summed E-state index contributed by atoms with van der Waals surface area (Å²) in [6.45, 7) is 10.3. The van der Waals surface area contributed by atoms with E-state index in [2.05, 4.69) is 33.8 Å². The van der Waals surface area contributed by atoms with Crippen molar-refractivity contribution in [3.63, 3.8) is 0 Å². The lowest BCUT2D eigenvalue weighted by molar-refractivity contribution is 0.0813. The van der Waals surface area contributed by atoms with Gasteiger partial charge in [0, 0.05) is 11.1 Å². The van der Waals surface area contributed by atoms with Crippen LogP contribution in [0.5, 0.6) is 0 Å². The van der Waals surface area contributed by atoms with E-state index in [-0.39, 0.29) is 5.41 Å². The predicted octanol–water partition coefficient (Wildman–Crippen LogP) is 4.88. The van der Waals surface area contributed by atoms with Gasteiger partial charge in [-0.05, 0) is 35.4 Å². The van der Waals surface area contributed by atoms with E-state index in [1.807, 2.05) is 6.07 Å². The van der Waals surface area contributed by atoms with Crippen molar-refractivity contribution in [2.75, 3.05) is 0 Å². The molecule has 1 aliphatic rings. The van der Waals surface area contributed by atoms with E-state index in [1.165, 1.54) is 0 Å². The summed E-state index contributed by atoms with van der Waals surface area (Å²) in [6.07, 6.45) is 3.26. The molecule has 1 aromatic heterocycles. The van der Waals surface area contributed by atoms with Crippen molar-refractivity contribution in [1.82, 2.24) is 0 Å². The van der Waals surface area contributed by atoms with Crippen molar-refractivity contribution in [2.24, 2.45) is 0 Å². The summed E-state index contributed by atoms with van der Waals surface area (Å²) in [5, 5.41) is 0. The van der Waals surface area contributed by atoms with Crippen LogP contribution < -0.4 is 0 Å². The Balaban J connectivity index is 2.38. The zero-order valence-electron chi connectivity index (χ0n) is 14.4. The molecule has 0 unspecified atom stereocenters. The average molecular weight is 310 g/mol. The summed E-state index contributed by atoms with van der Waals surface area (Å²) < 4.78 is 5.62. The first-order valence-corrected chi connectivity index (χ1v) is 8.11. The summed E-state index contributed by atoms with van der Waals surface area (Å²) in [4.78, 5) is 25.4. The molecule has 0 atom stereocenters. The smallest absolute Gasteiger partial charge is 0.237 e. The van der Waals surface area contributed by atoms with Gasteiger partial charge in [0.1, 0.15) is 5.76 Å². The molecule has 2 aromatic rings. The second-order valence-corrected chi connectivity index (χ2v) is 7.30. The Kier molecular flexibility index (Phi) is 3.55. The molecule has 0 saturated carbocycles. The largest absolute Gasteiger partial charge is 0.463 e. The van der Waals surface area contributed by atoms with E-state index in [4.69, 9.17) is 4.42 Å². The van der Waals surface area contributed by atoms with Crippen molar-refractivity contribution in [3.8, 4) is 11.3 Å². The molecule has 120 valence electrons. The van der Waals surface area contributed by atoms with Gasteiger partial charge in [-0.3, -0.25) is 9.59 Å². The summed E-state index contributed by atoms with van der Waals surface area (Å²) >= 11 is 0. The number of carbonyl (C=O) groups is 2. The van der Waals surface area contributed by atoms with Gasteiger partial charge in [0.2, 0.25) is 11.6 Å². The van der Waals surface area contributed by atoms with Crippen LogP contribution in [-0.2, 0) is 11.8 Å². The second-order valence-electron chi connectivity index (χ2n) is 7.30. The van der Waals surface area contributed by atoms with Crippen LogP contribution in [0.4, 0.5) is 0 Å². The Bertz CT molecular complexity index is 816. The lowest BCUT2D eigenvalue weighted by atomic mass is 9.76. The Morgan fingerprint density at radius 3 is 2.30 bits per heavy atom. The molecule has 0 saturated heterocycles. The predicted molar refractivity (Wildman–Crippen MR) is 90.2 cm³/mol. The number of rotatable bonds is 2. The molecule has 1 heterocycles. The van der Waals surface area contributed by atoms with Gasteiger partial charge in [0.25, 0.3) is 0 Å². The van der Waals surface area contributed by atoms with Crippen molar-refractivity contribution < 1.29 is 14.0 Å². The van der Waals surface area contributed by atoms with Gasteiger partial charge < -0.3 is 4.42 Å². The molecule has 3 rings (SSSR count). The molecule has 0 N–H and O–H groups in total. The second kappa shape index (κ2) is 5.19. The molecule has 0 spiro atoms. The molecule has 23 heavy (non-hydrogen) atoms. The number of benzene rings is 1. The fourth-order valence-corrected chi connectivity index (χ4v) is 3.46. The number of aryl methyl sites for hydroxylation is 1. The Hall–Kier alpha value is -2.16. The molecular weight excluding hydrogens is 288 g/mol. The van der Waals surface area contributed by atoms with Gasteiger partial charge in [-0.25, -0.2) is 0 Å². The third kappa shape index (κ3) is 2.26. The Morgan fingerprint density at radius 1 is 1.04 bits per heavy atom. The summed E-state index contributed by atoms with van der Waals surface area (Å²) in [5.41, 5.74) is 4.50. The van der Waals surface area contributed by atoms with E-state index in [0.29, 0.717) is 16.9 Å². The van der Waals surface area contributed by atoms with Crippen LogP contribution in [0.15, 0.2) is 22.8 Å². The standard InChI is InChI=1S/C20H22O3/c1-6-7-12-14(20(3,4)5)9-8-13-16(12)18(22)17(21)15-11(2)10-23-19(13)15/h8-10H,6-7H2,1-5H3. The highest BCUT2D eigenvalue weighted by Gasteiger charge is 2.37. The van der Waals surface area contributed by atoms with Crippen LogP contribution in [0.1, 0.15) is 71.5 Å². The van der Waals surface area contributed by atoms with E-state index in [0.717, 1.165) is 35.1 Å². The Labute approximate surface area is 136 Å².